The van der Waals surface area contributed by atoms with E-state index in [9.17, 15) is 22.8 Å². The van der Waals surface area contributed by atoms with Crippen LogP contribution in [0.15, 0.2) is 0 Å². The summed E-state index contributed by atoms with van der Waals surface area (Å²) in [6, 6.07) is -0.605. The van der Waals surface area contributed by atoms with Crippen molar-refractivity contribution in [2.75, 3.05) is 19.6 Å². The molecule has 0 radical (unpaired) electrons. The third-order valence-corrected chi connectivity index (χ3v) is 4.77. The second-order valence-corrected chi connectivity index (χ2v) is 6.38. The smallest absolute Gasteiger partial charge is 0.343 e. The first-order chi connectivity index (χ1) is 11.8. The normalized spacial score (nSPS) is 20.7. The summed E-state index contributed by atoms with van der Waals surface area (Å²) < 4.78 is 39.7. The van der Waals surface area contributed by atoms with Crippen LogP contribution in [0, 0.1) is 0 Å². The van der Waals surface area contributed by atoms with Crippen molar-refractivity contribution < 1.29 is 22.8 Å². The Bertz CT molecular complexity index is 667. The van der Waals surface area contributed by atoms with Gasteiger partial charge < -0.3 is 14.4 Å². The lowest BCUT2D eigenvalue weighted by Crippen LogP contribution is -2.42. The summed E-state index contributed by atoms with van der Waals surface area (Å²) in [6.45, 7) is 3.23. The lowest BCUT2D eigenvalue weighted by Gasteiger charge is -2.34. The van der Waals surface area contributed by atoms with Crippen molar-refractivity contribution in [1.29, 1.82) is 0 Å². The van der Waals surface area contributed by atoms with Crippen LogP contribution in [0.3, 0.4) is 0 Å². The van der Waals surface area contributed by atoms with Gasteiger partial charge in [-0.05, 0) is 19.8 Å². The molecule has 1 atom stereocenters. The Labute approximate surface area is 142 Å². The lowest BCUT2D eigenvalue weighted by atomic mass is 10.1. The molecular formula is C15H20F3N5O2. The number of fused-ring (bicyclic) bond motifs is 1. The highest BCUT2D eigenvalue weighted by atomic mass is 19.4. The molecule has 0 bridgehead atoms. The molecule has 1 saturated heterocycles. The number of nitrogens with zero attached hydrogens (tertiary/aromatic N) is 5. The van der Waals surface area contributed by atoms with Gasteiger partial charge in [0.2, 0.25) is 17.6 Å². The molecule has 3 heterocycles. The van der Waals surface area contributed by atoms with Crippen LogP contribution in [-0.4, -0.2) is 56.0 Å². The zero-order valence-electron chi connectivity index (χ0n) is 13.9. The Balaban J connectivity index is 1.63. The van der Waals surface area contributed by atoms with E-state index < -0.39 is 18.0 Å². The third kappa shape index (κ3) is 3.47. The molecule has 10 heteroatoms. The first kappa shape index (κ1) is 17.7. The SMILES string of the molecule is CC1c2nnc(C(F)(F)F)n2CCN1C(=O)CCC(=O)N1CCCC1. The highest BCUT2D eigenvalue weighted by molar-refractivity contribution is 5.84. The summed E-state index contributed by atoms with van der Waals surface area (Å²) in [5, 5.41) is 6.85. The van der Waals surface area contributed by atoms with Crippen molar-refractivity contribution in [3.63, 3.8) is 0 Å². The second kappa shape index (κ2) is 6.64. The number of halogens is 3. The number of carbonyl (C=O) groups excluding carboxylic acids is 2. The third-order valence-electron chi connectivity index (χ3n) is 4.77. The number of rotatable bonds is 3. The Hall–Kier alpha value is -2.13. The molecule has 2 aliphatic heterocycles. The van der Waals surface area contributed by atoms with Crippen LogP contribution in [-0.2, 0) is 22.3 Å². The lowest BCUT2D eigenvalue weighted by molar-refractivity contribution is -0.148. The Morgan fingerprint density at radius 3 is 2.32 bits per heavy atom. The fourth-order valence-electron chi connectivity index (χ4n) is 3.42. The van der Waals surface area contributed by atoms with Crippen LogP contribution in [0.4, 0.5) is 13.2 Å². The summed E-state index contributed by atoms with van der Waals surface area (Å²) in [7, 11) is 0. The van der Waals surface area contributed by atoms with Gasteiger partial charge in [0, 0.05) is 39.0 Å². The molecule has 2 amide bonds. The van der Waals surface area contributed by atoms with Gasteiger partial charge in [-0.1, -0.05) is 0 Å². The quantitative estimate of drug-likeness (QED) is 0.822. The molecule has 1 aromatic heterocycles. The van der Waals surface area contributed by atoms with Crippen molar-refractivity contribution in [2.45, 2.75) is 51.4 Å². The summed E-state index contributed by atoms with van der Waals surface area (Å²) in [4.78, 5) is 27.7. The predicted octanol–water partition coefficient (Wildman–Crippen LogP) is 1.60. The monoisotopic (exact) mass is 359 g/mol. The molecule has 0 saturated carbocycles. The minimum atomic E-state index is -4.57. The summed E-state index contributed by atoms with van der Waals surface area (Å²) in [5.74, 6) is -1.20. The van der Waals surface area contributed by atoms with Crippen LogP contribution in [0.2, 0.25) is 0 Å². The highest BCUT2D eigenvalue weighted by Crippen LogP contribution is 2.32. The standard InChI is InChI=1S/C15H20F3N5O2/c1-10-13-19-20-14(15(16,17)18)23(13)9-8-22(10)12(25)5-4-11(24)21-6-2-3-7-21/h10H,2-9H2,1H3. The van der Waals surface area contributed by atoms with Gasteiger partial charge in [-0.2, -0.15) is 13.2 Å². The Kier molecular flexibility index (Phi) is 4.70. The zero-order valence-corrected chi connectivity index (χ0v) is 13.9. The van der Waals surface area contributed by atoms with Gasteiger partial charge in [0.1, 0.15) is 0 Å². The second-order valence-electron chi connectivity index (χ2n) is 6.38. The molecule has 25 heavy (non-hydrogen) atoms. The van der Waals surface area contributed by atoms with Crippen molar-refractivity contribution in [3.05, 3.63) is 11.6 Å². The van der Waals surface area contributed by atoms with Gasteiger partial charge in [-0.25, -0.2) is 0 Å². The molecular weight excluding hydrogens is 339 g/mol. The summed E-state index contributed by atoms with van der Waals surface area (Å²) in [5.41, 5.74) is 0. The van der Waals surface area contributed by atoms with Gasteiger partial charge in [0.15, 0.2) is 5.82 Å². The van der Waals surface area contributed by atoms with E-state index in [1.807, 2.05) is 0 Å². The predicted molar refractivity (Wildman–Crippen MR) is 80.2 cm³/mol. The first-order valence-corrected chi connectivity index (χ1v) is 8.36. The minimum Gasteiger partial charge on any atom is -0.343 e. The maximum atomic E-state index is 12.9. The van der Waals surface area contributed by atoms with E-state index in [1.54, 1.807) is 11.8 Å². The fraction of sp³-hybridized carbons (Fsp3) is 0.733. The van der Waals surface area contributed by atoms with Crippen LogP contribution >= 0.6 is 0 Å². The number of amides is 2. The largest absolute Gasteiger partial charge is 0.451 e. The minimum absolute atomic E-state index is 0.00662. The molecule has 3 rings (SSSR count). The van der Waals surface area contributed by atoms with E-state index in [1.165, 1.54) is 4.90 Å². The molecule has 1 fully saturated rings. The van der Waals surface area contributed by atoms with Crippen molar-refractivity contribution in [3.8, 4) is 0 Å². The molecule has 2 aliphatic rings. The molecule has 138 valence electrons. The van der Waals surface area contributed by atoms with Gasteiger partial charge in [-0.15, -0.1) is 10.2 Å². The van der Waals surface area contributed by atoms with Crippen LogP contribution in [0.25, 0.3) is 0 Å². The number of carbonyl (C=O) groups is 2. The number of alkyl halides is 3. The van der Waals surface area contributed by atoms with Gasteiger partial charge >= 0.3 is 6.18 Å². The number of likely N-dealkylation sites (tertiary alicyclic amines) is 1. The van der Waals surface area contributed by atoms with Crippen LogP contribution in [0.5, 0.6) is 0 Å². The van der Waals surface area contributed by atoms with E-state index in [4.69, 9.17) is 0 Å². The number of hydrogen-bond donors (Lipinski definition) is 0. The highest BCUT2D eigenvalue weighted by Gasteiger charge is 2.41. The molecule has 1 unspecified atom stereocenters. The average molecular weight is 359 g/mol. The van der Waals surface area contributed by atoms with E-state index in [0.717, 1.165) is 30.5 Å². The van der Waals surface area contributed by atoms with Gasteiger partial charge in [-0.3, -0.25) is 9.59 Å². The van der Waals surface area contributed by atoms with E-state index >= 15 is 0 Å². The zero-order chi connectivity index (χ0) is 18.2. The summed E-state index contributed by atoms with van der Waals surface area (Å²) >= 11 is 0. The van der Waals surface area contributed by atoms with Crippen molar-refractivity contribution in [2.24, 2.45) is 0 Å². The van der Waals surface area contributed by atoms with Gasteiger partial charge in [0.25, 0.3) is 0 Å². The maximum Gasteiger partial charge on any atom is 0.451 e. The number of hydrogen-bond acceptors (Lipinski definition) is 4. The molecule has 1 aromatic rings. The molecule has 0 spiro atoms. The van der Waals surface area contributed by atoms with Crippen molar-refractivity contribution in [1.82, 2.24) is 24.6 Å². The molecule has 0 N–H and O–H groups in total. The molecule has 7 nitrogen and oxygen atoms in total. The first-order valence-electron chi connectivity index (χ1n) is 8.36. The van der Waals surface area contributed by atoms with Crippen molar-refractivity contribution >= 4 is 11.8 Å². The Morgan fingerprint density at radius 1 is 1.04 bits per heavy atom. The van der Waals surface area contributed by atoms with E-state index in [-0.39, 0.29) is 43.6 Å². The molecule has 0 aromatic carbocycles. The van der Waals surface area contributed by atoms with Crippen LogP contribution in [0.1, 0.15) is 50.3 Å². The van der Waals surface area contributed by atoms with Gasteiger partial charge in [0.05, 0.1) is 6.04 Å². The topological polar surface area (TPSA) is 71.3 Å². The average Bonchev–Trinajstić information content (AvgIpc) is 3.21. The maximum absolute atomic E-state index is 12.9. The van der Waals surface area contributed by atoms with Crippen LogP contribution < -0.4 is 0 Å². The summed E-state index contributed by atoms with van der Waals surface area (Å²) in [6.07, 6.45) is -2.41. The van der Waals surface area contributed by atoms with E-state index in [0.29, 0.717) is 0 Å². The number of aromatic nitrogens is 3. The fourth-order valence-corrected chi connectivity index (χ4v) is 3.42. The Morgan fingerprint density at radius 2 is 1.68 bits per heavy atom. The van der Waals surface area contributed by atoms with E-state index in [2.05, 4.69) is 10.2 Å². The molecule has 0 aliphatic carbocycles.